The van der Waals surface area contributed by atoms with Crippen LogP contribution in [0.25, 0.3) is 0 Å². The highest BCUT2D eigenvalue weighted by molar-refractivity contribution is 6.02. The fraction of sp³-hybridized carbons (Fsp3) is 0.364. The van der Waals surface area contributed by atoms with Crippen LogP contribution >= 0.6 is 0 Å². The lowest BCUT2D eigenvalue weighted by Gasteiger charge is -2.42. The van der Waals surface area contributed by atoms with E-state index in [1.54, 1.807) is 24.1 Å². The molecule has 0 bridgehead atoms. The van der Waals surface area contributed by atoms with Gasteiger partial charge in [-0.3, -0.25) is 9.59 Å². The van der Waals surface area contributed by atoms with Crippen LogP contribution in [0.4, 0.5) is 29.3 Å². The van der Waals surface area contributed by atoms with E-state index >= 15 is 0 Å². The molecule has 2 aliphatic heterocycles. The molecule has 3 atom stereocenters. The summed E-state index contributed by atoms with van der Waals surface area (Å²) < 4.78 is 50.8. The first kappa shape index (κ1) is 30.4. The first-order valence-corrected chi connectivity index (χ1v) is 14.8. The SMILES string of the molecule is CN1C(=O)c2cc(NC(=O)Nc3ccc(C(F)(F)F)cc3)ccc2OC[C@@H]2O[C@H](CC(=O)NC3Cc4ccccc4C3)CC[C@@H]21.[HH].[HH].[HH]. The van der Waals surface area contributed by atoms with Crippen LogP contribution in [0.2, 0.25) is 0 Å². The number of hydrogen-bond acceptors (Lipinski definition) is 5. The fourth-order valence-electron chi connectivity index (χ4n) is 6.30. The van der Waals surface area contributed by atoms with Gasteiger partial charge in [-0.05, 0) is 79.3 Å². The Bertz CT molecular complexity index is 1590. The second-order valence-corrected chi connectivity index (χ2v) is 11.7. The van der Waals surface area contributed by atoms with Gasteiger partial charge in [0.05, 0.1) is 29.7 Å². The van der Waals surface area contributed by atoms with Gasteiger partial charge < -0.3 is 30.3 Å². The van der Waals surface area contributed by atoms with Gasteiger partial charge in [0, 0.05) is 28.7 Å². The van der Waals surface area contributed by atoms with E-state index in [1.807, 2.05) is 12.1 Å². The highest BCUT2D eigenvalue weighted by Crippen LogP contribution is 2.33. The van der Waals surface area contributed by atoms with Crippen molar-refractivity contribution in [1.29, 1.82) is 0 Å². The van der Waals surface area contributed by atoms with Crippen molar-refractivity contribution in [2.75, 3.05) is 24.3 Å². The van der Waals surface area contributed by atoms with E-state index in [0.29, 0.717) is 24.3 Å². The molecular weight excluding hydrogens is 589 g/mol. The summed E-state index contributed by atoms with van der Waals surface area (Å²) in [5.41, 5.74) is 2.44. The Morgan fingerprint density at radius 1 is 0.956 bits per heavy atom. The molecule has 242 valence electrons. The predicted molar refractivity (Wildman–Crippen MR) is 167 cm³/mol. The zero-order valence-corrected chi connectivity index (χ0v) is 24.5. The van der Waals surface area contributed by atoms with Crippen LogP contribution < -0.4 is 20.7 Å². The van der Waals surface area contributed by atoms with Gasteiger partial charge in [-0.1, -0.05) is 24.3 Å². The van der Waals surface area contributed by atoms with Crippen molar-refractivity contribution in [2.24, 2.45) is 0 Å². The van der Waals surface area contributed by atoms with Crippen molar-refractivity contribution < 1.29 is 41.3 Å². The van der Waals surface area contributed by atoms with Crippen LogP contribution in [-0.4, -0.2) is 60.7 Å². The second kappa shape index (κ2) is 12.4. The Kier molecular flexibility index (Phi) is 8.41. The number of likely N-dealkylation sites (N-methyl/N-ethyl adjacent to an activating group) is 1. The van der Waals surface area contributed by atoms with Crippen molar-refractivity contribution >= 4 is 29.2 Å². The molecule has 12 heteroatoms. The average Bonchev–Trinajstić information content (AvgIpc) is 3.41. The van der Waals surface area contributed by atoms with Gasteiger partial charge in [0.15, 0.2) is 0 Å². The molecule has 1 fully saturated rings. The first-order chi connectivity index (χ1) is 21.5. The van der Waals surface area contributed by atoms with Gasteiger partial charge >= 0.3 is 12.2 Å². The van der Waals surface area contributed by atoms with Crippen molar-refractivity contribution in [3.63, 3.8) is 0 Å². The molecule has 1 aliphatic carbocycles. The summed E-state index contributed by atoms with van der Waals surface area (Å²) in [6.45, 7) is 0.173. The molecule has 45 heavy (non-hydrogen) atoms. The second-order valence-electron chi connectivity index (χ2n) is 11.7. The molecule has 2 heterocycles. The lowest BCUT2D eigenvalue weighted by Crippen LogP contribution is -2.54. The maximum Gasteiger partial charge on any atom is 0.416 e. The van der Waals surface area contributed by atoms with Gasteiger partial charge in [0.1, 0.15) is 18.5 Å². The summed E-state index contributed by atoms with van der Waals surface area (Å²) in [6, 6.07) is 16.0. The monoisotopic (exact) mass is 628 g/mol. The largest absolute Gasteiger partial charge is 0.490 e. The normalized spacial score (nSPS) is 21.4. The Morgan fingerprint density at radius 3 is 2.31 bits per heavy atom. The summed E-state index contributed by atoms with van der Waals surface area (Å²) >= 11 is 0. The van der Waals surface area contributed by atoms with Crippen LogP contribution in [0.3, 0.4) is 0 Å². The van der Waals surface area contributed by atoms with Crippen LogP contribution in [0.15, 0.2) is 66.7 Å². The number of benzene rings is 3. The number of nitrogens with one attached hydrogen (secondary N) is 3. The number of anilines is 2. The molecule has 3 aromatic rings. The van der Waals surface area contributed by atoms with E-state index in [0.717, 1.165) is 37.1 Å². The van der Waals surface area contributed by atoms with Crippen molar-refractivity contribution in [3.8, 4) is 5.75 Å². The molecule has 0 aromatic heterocycles. The average molecular weight is 629 g/mol. The number of rotatable bonds is 5. The first-order valence-electron chi connectivity index (χ1n) is 14.8. The Morgan fingerprint density at radius 2 is 1.62 bits per heavy atom. The molecule has 0 radical (unpaired) electrons. The Labute approximate surface area is 262 Å². The molecule has 0 unspecified atom stereocenters. The maximum absolute atomic E-state index is 13.5. The number of ether oxygens (including phenoxy) is 2. The summed E-state index contributed by atoms with van der Waals surface area (Å²) in [7, 11) is 1.70. The number of fused-ring (bicyclic) bond motifs is 3. The van der Waals surface area contributed by atoms with Crippen LogP contribution in [0.1, 0.15) is 50.6 Å². The summed E-state index contributed by atoms with van der Waals surface area (Å²) in [5, 5.41) is 8.23. The number of urea groups is 1. The minimum absolute atomic E-state index is 0. The molecular formula is C33H39F3N4O5. The number of carbonyl (C=O) groups is 3. The summed E-state index contributed by atoms with van der Waals surface area (Å²) in [6.07, 6.45) is -2.10. The Hall–Kier alpha value is -4.58. The molecule has 3 N–H and O–H groups in total. The summed E-state index contributed by atoms with van der Waals surface area (Å²) in [4.78, 5) is 40.6. The van der Waals surface area contributed by atoms with Gasteiger partial charge in [0.2, 0.25) is 5.91 Å². The number of alkyl halides is 3. The lowest BCUT2D eigenvalue weighted by atomic mass is 9.94. The maximum atomic E-state index is 13.5. The molecule has 1 saturated heterocycles. The van der Waals surface area contributed by atoms with Gasteiger partial charge in [-0.2, -0.15) is 13.2 Å². The van der Waals surface area contributed by atoms with E-state index in [-0.39, 0.29) is 58.6 Å². The third kappa shape index (κ3) is 6.90. The highest BCUT2D eigenvalue weighted by Gasteiger charge is 2.39. The molecule has 3 aliphatic rings. The smallest absolute Gasteiger partial charge is 0.416 e. The van der Waals surface area contributed by atoms with E-state index in [2.05, 4.69) is 28.1 Å². The standard InChI is InChI=1S/C33H33F3N4O5.3H2/c1-40-27-12-11-25(17-30(41)37-24-14-19-4-2-3-5-20(19)15-24)45-29(27)18-44-28-13-10-23(16-26(28)31(40)42)39-32(43)38-22-8-6-21(7-9-22)33(34,35)36;;;/h2-10,13,16,24-25,27,29H,11-12,14-15,17-18H2,1H3,(H,37,41)(H2,38,39,43);3*1H/t25-,27-,29-;;;/m0.../s1. The van der Waals surface area contributed by atoms with Gasteiger partial charge in [-0.25, -0.2) is 4.79 Å². The molecule has 4 amide bonds. The zero-order valence-electron chi connectivity index (χ0n) is 24.5. The lowest BCUT2D eigenvalue weighted by molar-refractivity contribution is -0.137. The van der Waals surface area contributed by atoms with Crippen molar-refractivity contribution in [1.82, 2.24) is 10.2 Å². The van der Waals surface area contributed by atoms with E-state index < -0.39 is 23.9 Å². The van der Waals surface area contributed by atoms with Gasteiger partial charge in [0.25, 0.3) is 5.91 Å². The fourth-order valence-corrected chi connectivity index (χ4v) is 6.30. The van der Waals surface area contributed by atoms with Crippen LogP contribution in [-0.2, 0) is 28.5 Å². The van der Waals surface area contributed by atoms with Crippen LogP contribution in [0.5, 0.6) is 5.75 Å². The zero-order chi connectivity index (χ0) is 31.7. The number of carbonyl (C=O) groups excluding carboxylic acids is 3. The number of amides is 4. The number of halogens is 3. The molecule has 6 rings (SSSR count). The molecule has 9 nitrogen and oxygen atoms in total. The highest BCUT2D eigenvalue weighted by atomic mass is 19.4. The number of nitrogens with zero attached hydrogens (tertiary/aromatic N) is 1. The van der Waals surface area contributed by atoms with Crippen LogP contribution in [0, 0.1) is 0 Å². The molecule has 0 saturated carbocycles. The van der Waals surface area contributed by atoms with Gasteiger partial charge in [-0.15, -0.1) is 0 Å². The predicted octanol–water partition coefficient (Wildman–Crippen LogP) is 6.14. The third-order valence-corrected chi connectivity index (χ3v) is 8.57. The van der Waals surface area contributed by atoms with E-state index in [9.17, 15) is 27.6 Å². The van der Waals surface area contributed by atoms with Crippen molar-refractivity contribution in [3.05, 3.63) is 89.0 Å². The molecule has 3 aromatic carbocycles. The topological polar surface area (TPSA) is 109 Å². The molecule has 0 spiro atoms. The minimum atomic E-state index is -4.48. The minimum Gasteiger partial charge on any atom is -0.490 e. The number of hydrogen-bond donors (Lipinski definition) is 3. The summed E-state index contributed by atoms with van der Waals surface area (Å²) in [5.74, 6) is -0.0458. The quantitative estimate of drug-likeness (QED) is 0.315. The van der Waals surface area contributed by atoms with E-state index in [4.69, 9.17) is 9.47 Å². The third-order valence-electron chi connectivity index (χ3n) is 8.57. The Balaban J connectivity index is 0.00000208. The van der Waals surface area contributed by atoms with E-state index in [1.165, 1.54) is 17.2 Å². The van der Waals surface area contributed by atoms with Crippen molar-refractivity contribution in [2.45, 2.75) is 62.6 Å².